The number of hydrogen-bond donors (Lipinski definition) is 2. The van der Waals surface area contributed by atoms with Crippen LogP contribution >= 0.6 is 0 Å². The summed E-state index contributed by atoms with van der Waals surface area (Å²) >= 11 is 0. The standard InChI is InChI=1S/C14H12N4O2/c15-11-9-10(14(6-7-14)13(20)16-12(9)19)17-18(11)8-4-2-1-3-5-8/h1-5H,6-7,15H2,(H,16,19,20). The van der Waals surface area contributed by atoms with E-state index in [1.54, 1.807) is 0 Å². The van der Waals surface area contributed by atoms with Gasteiger partial charge in [0, 0.05) is 0 Å². The molecule has 1 aromatic carbocycles. The lowest BCUT2D eigenvalue weighted by molar-refractivity contribution is -0.123. The van der Waals surface area contributed by atoms with Crippen LogP contribution in [0.5, 0.6) is 0 Å². The number of fused-ring (bicyclic) bond motifs is 2. The van der Waals surface area contributed by atoms with Crippen molar-refractivity contribution < 1.29 is 9.59 Å². The van der Waals surface area contributed by atoms with E-state index in [1.807, 2.05) is 30.3 Å². The van der Waals surface area contributed by atoms with E-state index >= 15 is 0 Å². The monoisotopic (exact) mass is 268 g/mol. The maximum Gasteiger partial charge on any atom is 0.263 e. The summed E-state index contributed by atoms with van der Waals surface area (Å²) in [5.41, 5.74) is 7.06. The van der Waals surface area contributed by atoms with Crippen molar-refractivity contribution >= 4 is 17.6 Å². The SMILES string of the molecule is Nc1c2c(nn1-c1ccccc1)C1(CC1)C(=O)NC2=O. The fraction of sp³-hybridized carbons (Fsp3) is 0.214. The van der Waals surface area contributed by atoms with Gasteiger partial charge in [0.15, 0.2) is 0 Å². The van der Waals surface area contributed by atoms with Crippen LogP contribution in [-0.2, 0) is 10.2 Å². The highest BCUT2D eigenvalue weighted by Gasteiger charge is 2.58. The fourth-order valence-corrected chi connectivity index (χ4v) is 2.74. The molecule has 1 aromatic heterocycles. The maximum absolute atomic E-state index is 12.0. The van der Waals surface area contributed by atoms with Crippen molar-refractivity contribution in [2.75, 3.05) is 5.73 Å². The van der Waals surface area contributed by atoms with Gasteiger partial charge in [-0.1, -0.05) is 18.2 Å². The molecule has 0 radical (unpaired) electrons. The van der Waals surface area contributed by atoms with Crippen LogP contribution in [0.3, 0.4) is 0 Å². The Labute approximate surface area is 114 Å². The molecule has 1 spiro atoms. The number of benzene rings is 1. The van der Waals surface area contributed by atoms with Crippen molar-refractivity contribution in [1.29, 1.82) is 0 Å². The zero-order chi connectivity index (χ0) is 13.9. The quantitative estimate of drug-likeness (QED) is 0.747. The van der Waals surface area contributed by atoms with Crippen LogP contribution in [0.25, 0.3) is 5.69 Å². The van der Waals surface area contributed by atoms with Gasteiger partial charge in [-0.2, -0.15) is 5.10 Å². The van der Waals surface area contributed by atoms with E-state index in [9.17, 15) is 9.59 Å². The van der Waals surface area contributed by atoms with Gasteiger partial charge in [-0.05, 0) is 25.0 Å². The molecule has 2 amide bonds. The topological polar surface area (TPSA) is 90.0 Å². The first-order valence-corrected chi connectivity index (χ1v) is 6.44. The second-order valence-corrected chi connectivity index (χ2v) is 5.22. The van der Waals surface area contributed by atoms with Gasteiger partial charge in [-0.25, -0.2) is 4.68 Å². The number of aromatic nitrogens is 2. The first-order chi connectivity index (χ1) is 9.63. The van der Waals surface area contributed by atoms with Crippen LogP contribution in [-0.4, -0.2) is 21.6 Å². The first-order valence-electron chi connectivity index (χ1n) is 6.44. The highest BCUT2D eigenvalue weighted by Crippen LogP contribution is 2.51. The molecule has 100 valence electrons. The molecule has 3 N–H and O–H groups in total. The predicted molar refractivity (Wildman–Crippen MR) is 71.4 cm³/mol. The number of rotatable bonds is 1. The lowest BCUT2D eigenvalue weighted by atomic mass is 9.93. The van der Waals surface area contributed by atoms with E-state index in [2.05, 4.69) is 10.4 Å². The molecule has 0 saturated heterocycles. The number of hydrogen-bond acceptors (Lipinski definition) is 4. The van der Waals surface area contributed by atoms with Crippen molar-refractivity contribution in [2.45, 2.75) is 18.3 Å². The number of carbonyl (C=O) groups excluding carboxylic acids is 2. The molecule has 0 unspecified atom stereocenters. The van der Waals surface area contributed by atoms with Crippen molar-refractivity contribution in [2.24, 2.45) is 0 Å². The lowest BCUT2D eigenvalue weighted by Gasteiger charge is -2.18. The van der Waals surface area contributed by atoms with Crippen LogP contribution < -0.4 is 11.1 Å². The Hall–Kier alpha value is -2.63. The molecule has 2 heterocycles. The number of para-hydroxylation sites is 1. The number of nitrogens with two attached hydrogens (primary N) is 1. The second-order valence-electron chi connectivity index (χ2n) is 5.22. The third-order valence-corrected chi connectivity index (χ3v) is 4.01. The number of imide groups is 1. The zero-order valence-electron chi connectivity index (χ0n) is 10.6. The Morgan fingerprint density at radius 3 is 2.55 bits per heavy atom. The van der Waals surface area contributed by atoms with Gasteiger partial charge in [0.2, 0.25) is 5.91 Å². The molecule has 1 aliphatic heterocycles. The molecular formula is C14H12N4O2. The summed E-state index contributed by atoms with van der Waals surface area (Å²) in [5.74, 6) is -0.433. The van der Waals surface area contributed by atoms with Crippen LogP contribution in [0.2, 0.25) is 0 Å². The summed E-state index contributed by atoms with van der Waals surface area (Å²) in [6, 6.07) is 9.34. The molecule has 1 fully saturated rings. The predicted octanol–water partition coefficient (Wildman–Crippen LogP) is 0.756. The highest BCUT2D eigenvalue weighted by molar-refractivity contribution is 6.16. The molecule has 0 atom stereocenters. The van der Waals surface area contributed by atoms with Gasteiger partial charge in [0.25, 0.3) is 5.91 Å². The number of amides is 2. The van der Waals surface area contributed by atoms with Gasteiger partial charge in [-0.15, -0.1) is 0 Å². The molecule has 0 bridgehead atoms. The molecule has 20 heavy (non-hydrogen) atoms. The largest absolute Gasteiger partial charge is 0.383 e. The summed E-state index contributed by atoms with van der Waals surface area (Å²) in [4.78, 5) is 24.0. The molecule has 1 aliphatic carbocycles. The van der Waals surface area contributed by atoms with Crippen LogP contribution in [0.1, 0.15) is 28.9 Å². The first kappa shape index (κ1) is 11.2. The van der Waals surface area contributed by atoms with Gasteiger partial charge < -0.3 is 5.73 Å². The Morgan fingerprint density at radius 2 is 1.90 bits per heavy atom. The normalized spacial score (nSPS) is 18.8. The minimum absolute atomic E-state index is 0.257. The highest BCUT2D eigenvalue weighted by atomic mass is 16.2. The number of nitrogen functional groups attached to an aromatic ring is 1. The van der Waals surface area contributed by atoms with Crippen LogP contribution in [0.15, 0.2) is 30.3 Å². The Kier molecular flexibility index (Phi) is 1.95. The Morgan fingerprint density at radius 1 is 1.20 bits per heavy atom. The van der Waals surface area contributed by atoms with Crippen LogP contribution in [0.4, 0.5) is 5.82 Å². The van der Waals surface area contributed by atoms with Crippen molar-refractivity contribution in [3.8, 4) is 5.69 Å². The number of nitrogens with zero attached hydrogens (tertiary/aromatic N) is 2. The molecule has 4 rings (SSSR count). The number of anilines is 1. The average Bonchev–Trinajstić information content (AvgIpc) is 3.17. The fourth-order valence-electron chi connectivity index (χ4n) is 2.74. The van der Waals surface area contributed by atoms with E-state index in [4.69, 9.17) is 5.73 Å². The molecule has 2 aliphatic rings. The lowest BCUT2D eigenvalue weighted by Crippen LogP contribution is -2.44. The van der Waals surface area contributed by atoms with Crippen molar-refractivity contribution in [1.82, 2.24) is 15.1 Å². The molecule has 1 saturated carbocycles. The second kappa shape index (κ2) is 3.47. The maximum atomic E-state index is 12.0. The van der Waals surface area contributed by atoms with E-state index in [0.717, 1.165) is 5.69 Å². The summed E-state index contributed by atoms with van der Waals surface area (Å²) in [7, 11) is 0. The van der Waals surface area contributed by atoms with E-state index in [1.165, 1.54) is 4.68 Å². The van der Waals surface area contributed by atoms with E-state index < -0.39 is 11.3 Å². The van der Waals surface area contributed by atoms with Gasteiger partial charge in [0.05, 0.1) is 16.8 Å². The van der Waals surface area contributed by atoms with Gasteiger partial charge >= 0.3 is 0 Å². The summed E-state index contributed by atoms with van der Waals surface area (Å²) in [5, 5.41) is 6.83. The third kappa shape index (κ3) is 1.25. The van der Waals surface area contributed by atoms with Crippen LogP contribution in [0, 0.1) is 0 Å². The summed E-state index contributed by atoms with van der Waals surface area (Å²) < 4.78 is 1.53. The molecular weight excluding hydrogens is 256 g/mol. The van der Waals surface area contributed by atoms with E-state index in [0.29, 0.717) is 24.1 Å². The molecule has 6 nitrogen and oxygen atoms in total. The van der Waals surface area contributed by atoms with Gasteiger partial charge in [0.1, 0.15) is 11.4 Å². The van der Waals surface area contributed by atoms with Crippen molar-refractivity contribution in [3.63, 3.8) is 0 Å². The minimum Gasteiger partial charge on any atom is -0.383 e. The zero-order valence-corrected chi connectivity index (χ0v) is 10.6. The summed E-state index contributed by atoms with van der Waals surface area (Å²) in [6.45, 7) is 0. The summed E-state index contributed by atoms with van der Waals surface area (Å²) in [6.07, 6.45) is 1.43. The third-order valence-electron chi connectivity index (χ3n) is 4.01. The number of carbonyl (C=O) groups is 2. The average molecular weight is 268 g/mol. The van der Waals surface area contributed by atoms with Gasteiger partial charge in [-0.3, -0.25) is 14.9 Å². The van der Waals surface area contributed by atoms with Crippen molar-refractivity contribution in [3.05, 3.63) is 41.6 Å². The van der Waals surface area contributed by atoms with E-state index in [-0.39, 0.29) is 11.7 Å². The Balaban J connectivity index is 1.97. The number of nitrogens with one attached hydrogen (secondary N) is 1. The Bertz CT molecular complexity index is 744. The smallest absolute Gasteiger partial charge is 0.263 e. The molecule has 2 aromatic rings. The molecule has 6 heteroatoms. The minimum atomic E-state index is -0.641.